The highest BCUT2D eigenvalue weighted by Gasteiger charge is 2.54. The molecule has 0 aromatic heterocycles. The van der Waals surface area contributed by atoms with Crippen molar-refractivity contribution in [3.63, 3.8) is 0 Å². The third-order valence-corrected chi connectivity index (χ3v) is 10.8. The zero-order valence-corrected chi connectivity index (χ0v) is 33.8. The summed E-state index contributed by atoms with van der Waals surface area (Å²) in [5.74, 6) is -0.918. The molecule has 3 unspecified atom stereocenters. The predicted octanol–water partition coefficient (Wildman–Crippen LogP) is 3.58. The van der Waals surface area contributed by atoms with Gasteiger partial charge in [-0.2, -0.15) is 0 Å². The lowest BCUT2D eigenvalue weighted by molar-refractivity contribution is -0.156. The number of epoxide rings is 1. The van der Waals surface area contributed by atoms with E-state index in [2.05, 4.69) is 36.0 Å². The number of ether oxygens (including phenoxy) is 4. The summed E-state index contributed by atoms with van der Waals surface area (Å²) < 4.78 is 23.5. The Morgan fingerprint density at radius 2 is 1.83 bits per heavy atom. The van der Waals surface area contributed by atoms with E-state index >= 15 is 0 Å². The number of rotatable bonds is 14. The second kappa shape index (κ2) is 22.0. The molecule has 4 N–H and O–H groups in total. The number of carboxylic acid groups (broad SMARTS) is 1. The average molecular weight is 752 g/mol. The molecule has 0 aromatic rings. The Kier molecular flexibility index (Phi) is 19.3. The van der Waals surface area contributed by atoms with Gasteiger partial charge in [-0.15, -0.1) is 0 Å². The number of hydrogen-bond acceptors (Lipinski definition) is 12. The Bertz CT molecular complexity index is 1230. The molecular formula is C40H69N3O10. The van der Waals surface area contributed by atoms with Gasteiger partial charge in [0.05, 0.1) is 23.9 Å². The number of hydrogen-bond donors (Lipinski definition) is 4. The van der Waals surface area contributed by atoms with E-state index in [4.69, 9.17) is 28.8 Å². The van der Waals surface area contributed by atoms with E-state index in [1.165, 1.54) is 6.92 Å². The first-order valence-corrected chi connectivity index (χ1v) is 19.2. The van der Waals surface area contributed by atoms with Crippen molar-refractivity contribution in [2.75, 3.05) is 53.4 Å². The van der Waals surface area contributed by atoms with Crippen LogP contribution < -0.4 is 5.32 Å². The van der Waals surface area contributed by atoms with E-state index < -0.39 is 29.4 Å². The van der Waals surface area contributed by atoms with Crippen LogP contribution in [0.1, 0.15) is 81.1 Å². The third-order valence-electron chi connectivity index (χ3n) is 10.8. The molecule has 0 saturated carbocycles. The zero-order valence-electron chi connectivity index (χ0n) is 33.8. The van der Waals surface area contributed by atoms with E-state index in [0.717, 1.165) is 51.3 Å². The monoisotopic (exact) mass is 751 g/mol. The minimum absolute atomic E-state index is 0.0274. The number of likely N-dealkylation sites (N-methyl/N-ethyl adjacent to an activating group) is 1. The summed E-state index contributed by atoms with van der Waals surface area (Å²) in [7, 11) is 3.89. The fourth-order valence-corrected chi connectivity index (χ4v) is 7.29. The molecule has 3 aliphatic rings. The van der Waals surface area contributed by atoms with Crippen LogP contribution in [0.4, 0.5) is 0 Å². The van der Waals surface area contributed by atoms with Gasteiger partial charge in [0.15, 0.2) is 0 Å². The SMILES string of the molecule is CC[C@H](OC)[C@@H](C)[C@H]1O[C@@H]1C(NCCN1CCN(C)CC1)C(C)(O)/C=C/C=C(\C)C1OC(=O)C[C@H](C)CC[C@@](C)(O)[C@@H](OC(C)=O)/C=C/[C@@H]1C.O=CO. The molecule has 0 aliphatic carbocycles. The maximum atomic E-state index is 13.1. The quantitative estimate of drug-likeness (QED) is 0.0669. The molecule has 0 spiro atoms. The highest BCUT2D eigenvalue weighted by Crippen LogP contribution is 2.39. The molecule has 11 atom stereocenters. The number of aliphatic hydroxyl groups is 2. The fraction of sp³-hybridized carbons (Fsp3) is 0.775. The maximum Gasteiger partial charge on any atom is 0.306 e. The number of allylic oxidation sites excluding steroid dienone is 2. The van der Waals surface area contributed by atoms with Gasteiger partial charge in [0.25, 0.3) is 6.47 Å². The molecule has 2 saturated heterocycles. The molecule has 3 rings (SSSR count). The molecule has 13 heteroatoms. The van der Waals surface area contributed by atoms with Crippen LogP contribution in [-0.4, -0.2) is 145 Å². The van der Waals surface area contributed by atoms with Crippen molar-refractivity contribution in [3.8, 4) is 0 Å². The van der Waals surface area contributed by atoms with Crippen molar-refractivity contribution < 1.29 is 48.7 Å². The van der Waals surface area contributed by atoms with Crippen molar-refractivity contribution in [2.24, 2.45) is 17.8 Å². The Morgan fingerprint density at radius 1 is 1.19 bits per heavy atom. The van der Waals surface area contributed by atoms with Gasteiger partial charge in [0.1, 0.15) is 23.9 Å². The summed E-state index contributed by atoms with van der Waals surface area (Å²) in [5.41, 5.74) is -1.74. The van der Waals surface area contributed by atoms with Crippen molar-refractivity contribution in [2.45, 2.75) is 129 Å². The summed E-state index contributed by atoms with van der Waals surface area (Å²) in [6, 6.07) is -0.352. The second-order valence-corrected chi connectivity index (χ2v) is 15.7. The topological polar surface area (TPSA) is 171 Å². The number of cyclic esters (lactones) is 1. The summed E-state index contributed by atoms with van der Waals surface area (Å²) in [4.78, 5) is 38.1. The number of carbonyl (C=O) groups is 3. The minimum atomic E-state index is -1.29. The highest BCUT2D eigenvalue weighted by molar-refractivity contribution is 5.70. The molecule has 0 bridgehead atoms. The van der Waals surface area contributed by atoms with Gasteiger partial charge in [-0.25, -0.2) is 0 Å². The molecule has 2 fully saturated rings. The summed E-state index contributed by atoms with van der Waals surface area (Å²) in [6.45, 7) is 20.3. The third kappa shape index (κ3) is 15.2. The van der Waals surface area contributed by atoms with E-state index in [1.807, 2.05) is 39.0 Å². The first-order chi connectivity index (χ1) is 24.9. The lowest BCUT2D eigenvalue weighted by Crippen LogP contribution is -2.54. The smallest absolute Gasteiger partial charge is 0.306 e. The molecule has 0 radical (unpaired) electrons. The van der Waals surface area contributed by atoms with Crippen LogP contribution in [-0.2, 0) is 33.3 Å². The van der Waals surface area contributed by atoms with Gasteiger partial charge < -0.3 is 44.5 Å². The predicted molar refractivity (Wildman–Crippen MR) is 204 cm³/mol. The van der Waals surface area contributed by atoms with Crippen molar-refractivity contribution in [1.29, 1.82) is 0 Å². The summed E-state index contributed by atoms with van der Waals surface area (Å²) >= 11 is 0. The molecule has 3 aliphatic heterocycles. The number of nitrogens with zero attached hydrogens (tertiary/aromatic N) is 2. The number of piperazine rings is 1. The van der Waals surface area contributed by atoms with Crippen LogP contribution in [0.2, 0.25) is 0 Å². The van der Waals surface area contributed by atoms with Crippen LogP contribution in [0, 0.1) is 17.8 Å². The molecule has 304 valence electrons. The normalized spacial score (nSPS) is 32.8. The van der Waals surface area contributed by atoms with Gasteiger partial charge >= 0.3 is 11.9 Å². The van der Waals surface area contributed by atoms with Gasteiger partial charge in [0, 0.05) is 71.6 Å². The fourth-order valence-electron chi connectivity index (χ4n) is 7.29. The van der Waals surface area contributed by atoms with Crippen LogP contribution in [0.15, 0.2) is 36.0 Å². The lowest BCUT2D eigenvalue weighted by atomic mass is 9.86. The van der Waals surface area contributed by atoms with Crippen LogP contribution in [0.25, 0.3) is 0 Å². The van der Waals surface area contributed by atoms with Crippen LogP contribution >= 0.6 is 0 Å². The average Bonchev–Trinajstić information content (AvgIpc) is 3.87. The number of carbonyl (C=O) groups excluding carboxylic acids is 2. The van der Waals surface area contributed by atoms with Gasteiger partial charge in [-0.05, 0) is 64.6 Å². The summed E-state index contributed by atoms with van der Waals surface area (Å²) in [5, 5.41) is 33.7. The summed E-state index contributed by atoms with van der Waals surface area (Å²) in [6.07, 6.45) is 9.49. The lowest BCUT2D eigenvalue weighted by Gasteiger charge is -2.34. The van der Waals surface area contributed by atoms with Crippen LogP contribution in [0.3, 0.4) is 0 Å². The Morgan fingerprint density at radius 3 is 2.42 bits per heavy atom. The van der Waals surface area contributed by atoms with E-state index in [0.29, 0.717) is 12.8 Å². The standard InChI is InChI=1S/C39H67N3O8.CH2O2/c1-11-31(47-10)29(5)35-36(50-35)37(40-19-20-42-23-21-41(9)22-24-42)39(8,46)17-12-13-27(3)34-28(4)14-15-32(48-30(6)43)38(7,45)18-16-26(2)25-33(44)49-34;2-1-3/h12-15,17,26,28-29,31-32,34-37,40,45-46H,11,16,18-25H2,1-10H3;1H,(H,2,3)/b15-14+,17-12+,27-13+;/t26-,28+,29-,31+,32+,34?,35-,36+,37?,38-,39?;/m1./s1. The van der Waals surface area contributed by atoms with E-state index in [1.54, 1.807) is 33.1 Å². The Labute approximate surface area is 317 Å². The first-order valence-electron chi connectivity index (χ1n) is 19.2. The van der Waals surface area contributed by atoms with Gasteiger partial charge in [0.2, 0.25) is 0 Å². The zero-order chi connectivity index (χ0) is 39.9. The Hall–Kier alpha value is -2.65. The second-order valence-electron chi connectivity index (χ2n) is 15.7. The molecule has 13 nitrogen and oxygen atoms in total. The molecule has 53 heavy (non-hydrogen) atoms. The number of esters is 2. The van der Waals surface area contributed by atoms with E-state index in [-0.39, 0.29) is 61.0 Å². The number of methoxy groups -OCH3 is 1. The van der Waals surface area contributed by atoms with Crippen molar-refractivity contribution in [1.82, 2.24) is 15.1 Å². The van der Waals surface area contributed by atoms with Crippen molar-refractivity contribution >= 4 is 18.4 Å². The molecular weight excluding hydrogens is 682 g/mol. The Balaban J connectivity index is 0.00000313. The molecule has 3 heterocycles. The minimum Gasteiger partial charge on any atom is -0.483 e. The molecule has 0 amide bonds. The van der Waals surface area contributed by atoms with E-state index in [9.17, 15) is 19.8 Å². The van der Waals surface area contributed by atoms with Crippen molar-refractivity contribution in [3.05, 3.63) is 36.0 Å². The molecule has 0 aromatic carbocycles. The van der Waals surface area contributed by atoms with Gasteiger partial charge in [-0.1, -0.05) is 52.0 Å². The first kappa shape index (κ1) is 46.5. The maximum absolute atomic E-state index is 13.1. The highest BCUT2D eigenvalue weighted by atomic mass is 16.6. The van der Waals surface area contributed by atoms with Crippen LogP contribution in [0.5, 0.6) is 0 Å². The number of nitrogens with one attached hydrogen (secondary N) is 1. The van der Waals surface area contributed by atoms with Gasteiger partial charge in [-0.3, -0.25) is 19.3 Å². The largest absolute Gasteiger partial charge is 0.483 e.